The number of rotatable bonds is 9. The molecule has 1 heterocycles. The molecular weight excluding hydrogens is 456 g/mol. The standard InChI is InChI=1S/C26H25ClN2O5/c1-18(26(31)28-14-20-11-12-23-24(13-20)34-17-33-23)29(15-19-7-3-2-4-8-19)25(30)16-32-22-10-6-5-9-21(22)27/h2-13,18H,14-17H2,1H3,(H,28,31)/t18-/m1/s1. The molecule has 0 bridgehead atoms. The number of hydrogen-bond acceptors (Lipinski definition) is 5. The monoisotopic (exact) mass is 480 g/mol. The quantitative estimate of drug-likeness (QED) is 0.497. The molecule has 0 fully saturated rings. The molecule has 0 aromatic heterocycles. The molecule has 0 radical (unpaired) electrons. The molecule has 8 heteroatoms. The zero-order valence-corrected chi connectivity index (χ0v) is 19.5. The van der Waals surface area contributed by atoms with Crippen molar-refractivity contribution in [2.75, 3.05) is 13.4 Å². The van der Waals surface area contributed by atoms with Gasteiger partial charge in [0.15, 0.2) is 18.1 Å². The first kappa shape index (κ1) is 23.4. The van der Waals surface area contributed by atoms with E-state index in [0.29, 0.717) is 28.8 Å². The third kappa shape index (κ3) is 5.80. The minimum atomic E-state index is -0.725. The van der Waals surface area contributed by atoms with E-state index in [0.717, 1.165) is 11.1 Å². The second-order valence-electron chi connectivity index (χ2n) is 7.81. The predicted molar refractivity (Wildman–Crippen MR) is 128 cm³/mol. The van der Waals surface area contributed by atoms with E-state index < -0.39 is 6.04 Å². The van der Waals surface area contributed by atoms with Gasteiger partial charge in [-0.2, -0.15) is 0 Å². The molecule has 2 amide bonds. The van der Waals surface area contributed by atoms with Crippen LogP contribution < -0.4 is 19.5 Å². The van der Waals surface area contributed by atoms with Crippen LogP contribution >= 0.6 is 11.6 Å². The van der Waals surface area contributed by atoms with E-state index in [1.807, 2.05) is 48.5 Å². The third-order valence-corrected chi connectivity index (χ3v) is 5.77. The van der Waals surface area contributed by atoms with Crippen LogP contribution in [0.1, 0.15) is 18.1 Å². The fourth-order valence-electron chi connectivity index (χ4n) is 3.53. The van der Waals surface area contributed by atoms with Crippen LogP contribution in [0, 0.1) is 0 Å². The second-order valence-corrected chi connectivity index (χ2v) is 8.21. The summed E-state index contributed by atoms with van der Waals surface area (Å²) in [6, 6.07) is 21.2. The normalized spacial score (nSPS) is 12.6. The van der Waals surface area contributed by atoms with Crippen LogP contribution in [0.15, 0.2) is 72.8 Å². The Kier molecular flexibility index (Phi) is 7.54. The van der Waals surface area contributed by atoms with Crippen molar-refractivity contribution in [1.29, 1.82) is 0 Å². The van der Waals surface area contributed by atoms with E-state index in [2.05, 4.69) is 5.32 Å². The number of carbonyl (C=O) groups is 2. The van der Waals surface area contributed by atoms with Crippen molar-refractivity contribution in [2.45, 2.75) is 26.1 Å². The summed E-state index contributed by atoms with van der Waals surface area (Å²) in [5.41, 5.74) is 1.77. The highest BCUT2D eigenvalue weighted by Crippen LogP contribution is 2.32. The fraction of sp³-hybridized carbons (Fsp3) is 0.231. The molecule has 1 N–H and O–H groups in total. The number of ether oxygens (including phenoxy) is 3. The average molecular weight is 481 g/mol. The van der Waals surface area contributed by atoms with Gasteiger partial charge < -0.3 is 24.4 Å². The number of benzene rings is 3. The molecular formula is C26H25ClN2O5. The lowest BCUT2D eigenvalue weighted by Gasteiger charge is -2.29. The number of halogens is 1. The van der Waals surface area contributed by atoms with Gasteiger partial charge in [-0.3, -0.25) is 9.59 Å². The number of hydrogen-bond donors (Lipinski definition) is 1. The molecule has 34 heavy (non-hydrogen) atoms. The van der Waals surface area contributed by atoms with Gasteiger partial charge in [-0.1, -0.05) is 60.1 Å². The summed E-state index contributed by atoms with van der Waals surface area (Å²) in [6.07, 6.45) is 0. The Morgan fingerprint density at radius 1 is 1.00 bits per heavy atom. The first-order chi connectivity index (χ1) is 16.5. The highest BCUT2D eigenvalue weighted by Gasteiger charge is 2.26. The van der Waals surface area contributed by atoms with E-state index in [-0.39, 0.29) is 31.8 Å². The van der Waals surface area contributed by atoms with Gasteiger partial charge in [0, 0.05) is 13.1 Å². The Morgan fingerprint density at radius 2 is 1.74 bits per heavy atom. The fourth-order valence-corrected chi connectivity index (χ4v) is 3.73. The van der Waals surface area contributed by atoms with E-state index in [1.54, 1.807) is 31.2 Å². The van der Waals surface area contributed by atoms with Crippen LogP contribution in [0.4, 0.5) is 0 Å². The molecule has 0 aliphatic carbocycles. The minimum absolute atomic E-state index is 0.189. The summed E-state index contributed by atoms with van der Waals surface area (Å²) in [5, 5.41) is 3.32. The SMILES string of the molecule is C[C@H](C(=O)NCc1ccc2c(c1)OCO2)N(Cc1ccccc1)C(=O)COc1ccccc1Cl. The number of fused-ring (bicyclic) bond motifs is 1. The lowest BCUT2D eigenvalue weighted by molar-refractivity contribution is -0.142. The lowest BCUT2D eigenvalue weighted by atomic mass is 10.1. The summed E-state index contributed by atoms with van der Waals surface area (Å²) >= 11 is 6.13. The van der Waals surface area contributed by atoms with E-state index in [9.17, 15) is 9.59 Å². The topological polar surface area (TPSA) is 77.1 Å². The minimum Gasteiger partial charge on any atom is -0.482 e. The van der Waals surface area contributed by atoms with Crippen LogP contribution in [-0.4, -0.2) is 36.2 Å². The maximum Gasteiger partial charge on any atom is 0.261 e. The molecule has 0 saturated heterocycles. The van der Waals surface area contributed by atoms with Crippen molar-refractivity contribution >= 4 is 23.4 Å². The summed E-state index contributed by atoms with van der Waals surface area (Å²) < 4.78 is 16.3. The maximum atomic E-state index is 13.1. The van der Waals surface area contributed by atoms with Crippen molar-refractivity contribution in [1.82, 2.24) is 10.2 Å². The zero-order valence-electron chi connectivity index (χ0n) is 18.7. The Morgan fingerprint density at radius 3 is 2.53 bits per heavy atom. The van der Waals surface area contributed by atoms with Gasteiger partial charge in [-0.15, -0.1) is 0 Å². The molecule has 176 valence electrons. The van der Waals surface area contributed by atoms with Gasteiger partial charge in [0.05, 0.1) is 5.02 Å². The predicted octanol–water partition coefficient (Wildman–Crippen LogP) is 4.18. The van der Waals surface area contributed by atoms with Crippen LogP contribution in [0.3, 0.4) is 0 Å². The Bertz CT molecular complexity index is 1150. The van der Waals surface area contributed by atoms with Crippen LogP contribution in [0.25, 0.3) is 0 Å². The summed E-state index contributed by atoms with van der Waals surface area (Å²) in [5.74, 6) is 1.14. The van der Waals surface area contributed by atoms with Crippen LogP contribution in [-0.2, 0) is 22.7 Å². The molecule has 3 aromatic rings. The van der Waals surface area contributed by atoms with Crippen molar-refractivity contribution in [3.05, 3.63) is 88.9 Å². The number of carbonyl (C=O) groups excluding carboxylic acids is 2. The molecule has 7 nitrogen and oxygen atoms in total. The molecule has 1 aliphatic heterocycles. The van der Waals surface area contributed by atoms with Crippen molar-refractivity contribution in [3.63, 3.8) is 0 Å². The van der Waals surface area contributed by atoms with Crippen LogP contribution in [0.2, 0.25) is 5.02 Å². The maximum absolute atomic E-state index is 13.1. The van der Waals surface area contributed by atoms with Crippen molar-refractivity contribution in [2.24, 2.45) is 0 Å². The number of nitrogens with one attached hydrogen (secondary N) is 1. The first-order valence-corrected chi connectivity index (χ1v) is 11.3. The average Bonchev–Trinajstić information content (AvgIpc) is 3.33. The van der Waals surface area contributed by atoms with Gasteiger partial charge in [0.2, 0.25) is 12.7 Å². The lowest BCUT2D eigenvalue weighted by Crippen LogP contribution is -2.48. The summed E-state index contributed by atoms with van der Waals surface area (Å²) in [4.78, 5) is 27.6. The number of para-hydroxylation sites is 1. The summed E-state index contributed by atoms with van der Waals surface area (Å²) in [6.45, 7) is 2.21. The Hall–Kier alpha value is -3.71. The highest BCUT2D eigenvalue weighted by molar-refractivity contribution is 6.32. The van der Waals surface area contributed by atoms with E-state index >= 15 is 0 Å². The van der Waals surface area contributed by atoms with E-state index in [4.69, 9.17) is 25.8 Å². The molecule has 0 unspecified atom stereocenters. The second kappa shape index (κ2) is 10.9. The smallest absolute Gasteiger partial charge is 0.261 e. The van der Waals surface area contributed by atoms with Gasteiger partial charge >= 0.3 is 0 Å². The molecule has 0 saturated carbocycles. The first-order valence-electron chi connectivity index (χ1n) is 10.9. The number of amides is 2. The van der Waals surface area contributed by atoms with Crippen molar-refractivity contribution < 1.29 is 23.8 Å². The van der Waals surface area contributed by atoms with Gasteiger partial charge in [-0.25, -0.2) is 0 Å². The molecule has 1 aliphatic rings. The Labute approximate surface area is 203 Å². The van der Waals surface area contributed by atoms with Gasteiger partial charge in [0.25, 0.3) is 5.91 Å². The number of nitrogens with zero attached hydrogens (tertiary/aromatic N) is 1. The Balaban J connectivity index is 1.42. The molecule has 0 spiro atoms. The van der Waals surface area contributed by atoms with Crippen LogP contribution in [0.5, 0.6) is 17.2 Å². The highest BCUT2D eigenvalue weighted by atomic mass is 35.5. The molecule has 4 rings (SSSR count). The van der Waals surface area contributed by atoms with Gasteiger partial charge in [0.1, 0.15) is 11.8 Å². The van der Waals surface area contributed by atoms with E-state index in [1.165, 1.54) is 4.90 Å². The van der Waals surface area contributed by atoms with Gasteiger partial charge in [-0.05, 0) is 42.3 Å². The largest absolute Gasteiger partial charge is 0.482 e. The summed E-state index contributed by atoms with van der Waals surface area (Å²) in [7, 11) is 0. The molecule has 3 aromatic carbocycles. The molecule has 1 atom stereocenters. The third-order valence-electron chi connectivity index (χ3n) is 5.45. The zero-order chi connectivity index (χ0) is 23.9. The van der Waals surface area contributed by atoms with Crippen molar-refractivity contribution in [3.8, 4) is 17.2 Å².